The highest BCUT2D eigenvalue weighted by molar-refractivity contribution is 7.09. The van der Waals surface area contributed by atoms with Crippen molar-refractivity contribution < 1.29 is 14.3 Å². The zero-order valence-electron chi connectivity index (χ0n) is 14.7. The largest absolute Gasteiger partial charge is 0.493 e. The van der Waals surface area contributed by atoms with E-state index in [1.54, 1.807) is 25.6 Å². The zero-order valence-corrected chi connectivity index (χ0v) is 15.5. The fraction of sp³-hybridized carbons (Fsp3) is 0.421. The number of nitrogens with zero attached hydrogens (tertiary/aromatic N) is 1. The summed E-state index contributed by atoms with van der Waals surface area (Å²) in [6.45, 7) is 1.78. The molecule has 0 aliphatic heterocycles. The molecular formula is C19H24N2O3S. The number of methoxy groups -OCH3 is 2. The summed E-state index contributed by atoms with van der Waals surface area (Å²) in [5, 5.41) is 5.09. The molecule has 1 fully saturated rings. The standard InChI is InChI=1S/C19H24N2O3S/c1-23-17-8-5-14(10-18(17)24-2)11-20-19(22)13-21(15-6-7-15)12-16-4-3-9-25-16/h3-5,8-10,15H,6-7,11-13H2,1-2H3,(H,20,22). The maximum Gasteiger partial charge on any atom is 0.234 e. The van der Waals surface area contributed by atoms with E-state index in [4.69, 9.17) is 9.47 Å². The molecule has 3 rings (SSSR count). The molecule has 0 bridgehead atoms. The molecule has 1 N–H and O–H groups in total. The summed E-state index contributed by atoms with van der Waals surface area (Å²) < 4.78 is 10.5. The lowest BCUT2D eigenvalue weighted by molar-refractivity contribution is -0.122. The van der Waals surface area contributed by atoms with Gasteiger partial charge in [0.25, 0.3) is 0 Å². The van der Waals surface area contributed by atoms with Gasteiger partial charge in [0.05, 0.1) is 20.8 Å². The Kier molecular flexibility index (Phi) is 5.94. The first-order valence-corrected chi connectivity index (χ1v) is 9.31. The number of rotatable bonds is 9. The first-order valence-electron chi connectivity index (χ1n) is 8.43. The lowest BCUT2D eigenvalue weighted by Crippen LogP contribution is -2.37. The first-order chi connectivity index (χ1) is 12.2. The van der Waals surface area contributed by atoms with Crippen molar-refractivity contribution in [3.63, 3.8) is 0 Å². The van der Waals surface area contributed by atoms with E-state index in [0.717, 1.165) is 12.1 Å². The Morgan fingerprint density at radius 3 is 2.68 bits per heavy atom. The molecular weight excluding hydrogens is 336 g/mol. The zero-order chi connectivity index (χ0) is 17.6. The van der Waals surface area contributed by atoms with Crippen LogP contribution in [0.5, 0.6) is 11.5 Å². The molecule has 0 unspecified atom stereocenters. The summed E-state index contributed by atoms with van der Waals surface area (Å²) in [4.78, 5) is 15.9. The van der Waals surface area contributed by atoms with Crippen molar-refractivity contribution >= 4 is 17.2 Å². The number of thiophene rings is 1. The van der Waals surface area contributed by atoms with Crippen LogP contribution in [-0.2, 0) is 17.9 Å². The number of hydrogen-bond donors (Lipinski definition) is 1. The molecule has 1 aromatic carbocycles. The van der Waals surface area contributed by atoms with Gasteiger partial charge in [-0.2, -0.15) is 0 Å². The van der Waals surface area contributed by atoms with Crippen molar-refractivity contribution in [1.82, 2.24) is 10.2 Å². The Hall–Kier alpha value is -2.05. The molecule has 0 spiro atoms. The van der Waals surface area contributed by atoms with Crippen LogP contribution in [0, 0.1) is 0 Å². The Morgan fingerprint density at radius 2 is 2.04 bits per heavy atom. The molecule has 0 saturated heterocycles. The SMILES string of the molecule is COc1ccc(CNC(=O)CN(Cc2cccs2)C2CC2)cc1OC. The molecule has 1 aliphatic rings. The van der Waals surface area contributed by atoms with E-state index in [0.29, 0.717) is 30.6 Å². The van der Waals surface area contributed by atoms with Crippen molar-refractivity contribution in [2.24, 2.45) is 0 Å². The van der Waals surface area contributed by atoms with E-state index in [1.807, 2.05) is 18.2 Å². The second kappa shape index (κ2) is 8.36. The summed E-state index contributed by atoms with van der Waals surface area (Å²) in [7, 11) is 3.22. The third-order valence-corrected chi connectivity index (χ3v) is 5.15. The summed E-state index contributed by atoms with van der Waals surface area (Å²) in [6.07, 6.45) is 2.38. The minimum atomic E-state index is 0.0539. The quantitative estimate of drug-likeness (QED) is 0.747. The number of hydrogen-bond acceptors (Lipinski definition) is 5. The third kappa shape index (κ3) is 4.96. The maximum absolute atomic E-state index is 12.4. The predicted octanol–water partition coefficient (Wildman–Crippen LogP) is 3.05. The highest BCUT2D eigenvalue weighted by Gasteiger charge is 2.30. The van der Waals surface area contributed by atoms with Gasteiger partial charge in [-0.05, 0) is 42.0 Å². The normalized spacial score (nSPS) is 13.7. The van der Waals surface area contributed by atoms with Gasteiger partial charge >= 0.3 is 0 Å². The minimum absolute atomic E-state index is 0.0539. The average Bonchev–Trinajstić information content (AvgIpc) is 3.36. The Labute approximate surface area is 152 Å². The first kappa shape index (κ1) is 17.8. The maximum atomic E-state index is 12.4. The molecule has 1 aromatic heterocycles. The molecule has 25 heavy (non-hydrogen) atoms. The fourth-order valence-corrected chi connectivity index (χ4v) is 3.52. The van der Waals surface area contributed by atoms with Gasteiger partial charge in [-0.15, -0.1) is 11.3 Å². The number of benzene rings is 1. The van der Waals surface area contributed by atoms with Gasteiger partial charge in [-0.25, -0.2) is 0 Å². The van der Waals surface area contributed by atoms with E-state index in [9.17, 15) is 4.79 Å². The van der Waals surface area contributed by atoms with Crippen molar-refractivity contribution in [1.29, 1.82) is 0 Å². The molecule has 6 heteroatoms. The second-order valence-electron chi connectivity index (χ2n) is 6.18. The molecule has 1 heterocycles. The van der Waals surface area contributed by atoms with Gasteiger partial charge < -0.3 is 14.8 Å². The number of nitrogens with one attached hydrogen (secondary N) is 1. The monoisotopic (exact) mass is 360 g/mol. The number of carbonyl (C=O) groups is 1. The van der Waals surface area contributed by atoms with Crippen molar-refractivity contribution in [3.05, 3.63) is 46.2 Å². The number of carbonyl (C=O) groups excluding carboxylic acids is 1. The van der Waals surface area contributed by atoms with Gasteiger partial charge in [-0.1, -0.05) is 12.1 Å². The van der Waals surface area contributed by atoms with E-state index in [2.05, 4.69) is 27.7 Å². The van der Waals surface area contributed by atoms with Crippen LogP contribution in [0.15, 0.2) is 35.7 Å². The van der Waals surface area contributed by atoms with Gasteiger partial charge in [0.1, 0.15) is 0 Å². The molecule has 1 saturated carbocycles. The van der Waals surface area contributed by atoms with Crippen molar-refractivity contribution in [2.45, 2.75) is 32.0 Å². The smallest absolute Gasteiger partial charge is 0.234 e. The highest BCUT2D eigenvalue weighted by Crippen LogP contribution is 2.29. The second-order valence-corrected chi connectivity index (χ2v) is 7.21. The van der Waals surface area contributed by atoms with Gasteiger partial charge in [0.15, 0.2) is 11.5 Å². The third-order valence-electron chi connectivity index (χ3n) is 4.29. The van der Waals surface area contributed by atoms with Gasteiger partial charge in [-0.3, -0.25) is 9.69 Å². The number of amides is 1. The summed E-state index contributed by atoms with van der Waals surface area (Å²) in [5.41, 5.74) is 0.988. The molecule has 5 nitrogen and oxygen atoms in total. The van der Waals surface area contributed by atoms with Gasteiger partial charge in [0.2, 0.25) is 5.91 Å². The number of ether oxygens (including phenoxy) is 2. The fourth-order valence-electron chi connectivity index (χ4n) is 2.79. The van der Waals surface area contributed by atoms with Gasteiger partial charge in [0, 0.05) is 24.0 Å². The topological polar surface area (TPSA) is 50.8 Å². The van der Waals surface area contributed by atoms with Crippen LogP contribution in [0.1, 0.15) is 23.3 Å². The van der Waals surface area contributed by atoms with Crippen LogP contribution in [0.3, 0.4) is 0 Å². The molecule has 2 aromatic rings. The molecule has 1 amide bonds. The molecule has 0 radical (unpaired) electrons. The summed E-state index contributed by atoms with van der Waals surface area (Å²) >= 11 is 1.74. The minimum Gasteiger partial charge on any atom is -0.493 e. The Morgan fingerprint density at radius 1 is 1.24 bits per heavy atom. The van der Waals surface area contributed by atoms with Crippen LogP contribution in [0.2, 0.25) is 0 Å². The van der Waals surface area contributed by atoms with E-state index >= 15 is 0 Å². The van der Waals surface area contributed by atoms with Crippen LogP contribution >= 0.6 is 11.3 Å². The van der Waals surface area contributed by atoms with E-state index in [-0.39, 0.29) is 5.91 Å². The van der Waals surface area contributed by atoms with E-state index < -0.39 is 0 Å². The lowest BCUT2D eigenvalue weighted by Gasteiger charge is -2.20. The Balaban J connectivity index is 1.53. The highest BCUT2D eigenvalue weighted by atomic mass is 32.1. The van der Waals surface area contributed by atoms with Crippen LogP contribution in [0.4, 0.5) is 0 Å². The average molecular weight is 360 g/mol. The van der Waals surface area contributed by atoms with Crippen LogP contribution in [0.25, 0.3) is 0 Å². The molecule has 134 valence electrons. The van der Waals surface area contributed by atoms with Crippen LogP contribution < -0.4 is 14.8 Å². The molecule has 0 atom stereocenters. The molecule has 1 aliphatic carbocycles. The van der Waals surface area contributed by atoms with Crippen LogP contribution in [-0.4, -0.2) is 37.6 Å². The van der Waals surface area contributed by atoms with Crippen molar-refractivity contribution in [2.75, 3.05) is 20.8 Å². The predicted molar refractivity (Wildman–Crippen MR) is 99.1 cm³/mol. The van der Waals surface area contributed by atoms with E-state index in [1.165, 1.54) is 17.7 Å². The summed E-state index contributed by atoms with van der Waals surface area (Å²) in [6, 6.07) is 10.4. The van der Waals surface area contributed by atoms with Crippen molar-refractivity contribution in [3.8, 4) is 11.5 Å². The lowest BCUT2D eigenvalue weighted by atomic mass is 10.2. The summed E-state index contributed by atoms with van der Waals surface area (Å²) in [5.74, 6) is 1.42. The Bertz CT molecular complexity index is 699.